The summed E-state index contributed by atoms with van der Waals surface area (Å²) in [6.07, 6.45) is 4.54. The van der Waals surface area contributed by atoms with Gasteiger partial charge in [0.1, 0.15) is 11.0 Å². The minimum Gasteiger partial charge on any atom is -0.330 e. The van der Waals surface area contributed by atoms with Crippen LogP contribution in [0.3, 0.4) is 0 Å². The molecule has 1 aliphatic rings. The fraction of sp³-hybridized carbons (Fsp3) is 0.286. The third-order valence-corrected chi connectivity index (χ3v) is 5.41. The van der Waals surface area contributed by atoms with Gasteiger partial charge in [0.2, 0.25) is 0 Å². The number of aromatic nitrogens is 3. The van der Waals surface area contributed by atoms with E-state index in [9.17, 15) is 9.18 Å². The first-order chi connectivity index (χ1) is 13.5. The van der Waals surface area contributed by atoms with Crippen LogP contribution in [0.1, 0.15) is 41.4 Å². The maximum atomic E-state index is 14.3. The first-order valence-electron chi connectivity index (χ1n) is 9.25. The number of carbonyl (C=O) groups is 1. The highest BCUT2D eigenvalue weighted by molar-refractivity contribution is 6.29. The van der Waals surface area contributed by atoms with Crippen LogP contribution < -0.4 is 0 Å². The van der Waals surface area contributed by atoms with Gasteiger partial charge < -0.3 is 4.90 Å². The second kappa shape index (κ2) is 7.72. The second-order valence-corrected chi connectivity index (χ2v) is 7.36. The molecule has 0 bridgehead atoms. The summed E-state index contributed by atoms with van der Waals surface area (Å²) in [5, 5.41) is 4.72. The van der Waals surface area contributed by atoms with Crippen LogP contribution in [-0.2, 0) is 7.05 Å². The molecule has 0 radical (unpaired) electrons. The monoisotopic (exact) mass is 398 g/mol. The summed E-state index contributed by atoms with van der Waals surface area (Å²) >= 11 is 6.05. The lowest BCUT2D eigenvalue weighted by molar-refractivity contribution is 0.0605. The lowest BCUT2D eigenvalue weighted by Gasteiger charge is -2.35. The van der Waals surface area contributed by atoms with E-state index in [-0.39, 0.29) is 11.9 Å². The van der Waals surface area contributed by atoms with E-state index in [4.69, 9.17) is 11.6 Å². The Balaban J connectivity index is 1.68. The van der Waals surface area contributed by atoms with Crippen LogP contribution in [0.4, 0.5) is 4.39 Å². The van der Waals surface area contributed by atoms with Crippen molar-refractivity contribution >= 4 is 17.5 Å². The summed E-state index contributed by atoms with van der Waals surface area (Å²) in [4.78, 5) is 19.5. The van der Waals surface area contributed by atoms with E-state index in [1.807, 2.05) is 18.2 Å². The maximum absolute atomic E-state index is 14.3. The Morgan fingerprint density at radius 1 is 1.21 bits per heavy atom. The van der Waals surface area contributed by atoms with E-state index in [2.05, 4.69) is 10.1 Å². The first-order valence-corrected chi connectivity index (χ1v) is 9.63. The van der Waals surface area contributed by atoms with Crippen LogP contribution in [0.5, 0.6) is 0 Å². The Morgan fingerprint density at radius 3 is 2.79 bits per heavy atom. The molecule has 1 fully saturated rings. The zero-order chi connectivity index (χ0) is 19.7. The summed E-state index contributed by atoms with van der Waals surface area (Å²) in [7, 11) is 1.71. The molecular formula is C21H20ClFN4O. The van der Waals surface area contributed by atoms with Gasteiger partial charge >= 0.3 is 0 Å². The van der Waals surface area contributed by atoms with Crippen molar-refractivity contribution in [3.05, 3.63) is 70.9 Å². The molecule has 1 aliphatic heterocycles. The minimum absolute atomic E-state index is 0.0986. The SMILES string of the molecule is Cn1nc(-c2cc(F)cc(C(=O)N3CCCCC3c3ccccn3)c2)cc1Cl. The van der Waals surface area contributed by atoms with Gasteiger partial charge in [0.05, 0.1) is 17.4 Å². The van der Waals surface area contributed by atoms with Crippen LogP contribution in [0.25, 0.3) is 11.3 Å². The first kappa shape index (κ1) is 18.6. The summed E-state index contributed by atoms with van der Waals surface area (Å²) in [5.41, 5.74) is 2.22. The number of halogens is 2. The summed E-state index contributed by atoms with van der Waals surface area (Å²) in [6, 6.07) is 11.6. The molecular weight excluding hydrogens is 379 g/mol. The molecule has 7 heteroatoms. The Kier molecular flexibility index (Phi) is 5.13. The van der Waals surface area contributed by atoms with Gasteiger partial charge in [-0.2, -0.15) is 5.10 Å². The maximum Gasteiger partial charge on any atom is 0.254 e. The van der Waals surface area contributed by atoms with Crippen molar-refractivity contribution < 1.29 is 9.18 Å². The van der Waals surface area contributed by atoms with Gasteiger partial charge in [-0.3, -0.25) is 14.5 Å². The number of amides is 1. The zero-order valence-corrected chi connectivity index (χ0v) is 16.2. The van der Waals surface area contributed by atoms with Crippen LogP contribution >= 0.6 is 11.6 Å². The highest BCUT2D eigenvalue weighted by Crippen LogP contribution is 2.32. The molecule has 3 heterocycles. The van der Waals surface area contributed by atoms with E-state index in [0.29, 0.717) is 28.5 Å². The molecule has 4 rings (SSSR count). The molecule has 1 amide bonds. The molecule has 5 nitrogen and oxygen atoms in total. The lowest BCUT2D eigenvalue weighted by Crippen LogP contribution is -2.38. The number of piperidine rings is 1. The minimum atomic E-state index is -0.478. The molecule has 1 atom stereocenters. The fourth-order valence-corrected chi connectivity index (χ4v) is 3.81. The van der Waals surface area contributed by atoms with E-state index >= 15 is 0 Å². The van der Waals surface area contributed by atoms with Crippen molar-refractivity contribution in [3.8, 4) is 11.3 Å². The van der Waals surface area contributed by atoms with Gasteiger partial charge in [-0.1, -0.05) is 17.7 Å². The molecule has 0 N–H and O–H groups in total. The second-order valence-electron chi connectivity index (χ2n) is 6.97. The number of carbonyl (C=O) groups excluding carboxylic acids is 1. The quantitative estimate of drug-likeness (QED) is 0.645. The molecule has 3 aromatic rings. The van der Waals surface area contributed by atoms with Crippen LogP contribution in [-0.4, -0.2) is 32.1 Å². The number of nitrogens with zero attached hydrogens (tertiary/aromatic N) is 4. The van der Waals surface area contributed by atoms with Crippen LogP contribution in [0.15, 0.2) is 48.7 Å². The van der Waals surface area contributed by atoms with Crippen molar-refractivity contribution in [1.29, 1.82) is 0 Å². The van der Waals surface area contributed by atoms with Crippen molar-refractivity contribution in [2.24, 2.45) is 7.05 Å². The zero-order valence-electron chi connectivity index (χ0n) is 15.5. The van der Waals surface area contributed by atoms with E-state index in [0.717, 1.165) is 25.0 Å². The number of likely N-dealkylation sites (tertiary alicyclic amines) is 1. The number of benzene rings is 1. The molecule has 2 aromatic heterocycles. The van der Waals surface area contributed by atoms with Crippen molar-refractivity contribution in [2.45, 2.75) is 25.3 Å². The molecule has 28 heavy (non-hydrogen) atoms. The molecule has 144 valence electrons. The molecule has 1 saturated heterocycles. The van der Waals surface area contributed by atoms with Crippen molar-refractivity contribution in [1.82, 2.24) is 19.7 Å². The topological polar surface area (TPSA) is 51.0 Å². The molecule has 1 aromatic carbocycles. The number of hydrogen-bond donors (Lipinski definition) is 0. The smallest absolute Gasteiger partial charge is 0.254 e. The number of rotatable bonds is 3. The van der Waals surface area contributed by atoms with Gasteiger partial charge in [-0.25, -0.2) is 4.39 Å². The number of aryl methyl sites for hydroxylation is 1. The van der Waals surface area contributed by atoms with Gasteiger partial charge in [0.25, 0.3) is 5.91 Å². The van der Waals surface area contributed by atoms with Gasteiger partial charge in [0.15, 0.2) is 0 Å². The van der Waals surface area contributed by atoms with E-state index in [1.165, 1.54) is 16.8 Å². The number of pyridine rings is 1. The summed E-state index contributed by atoms with van der Waals surface area (Å²) < 4.78 is 15.8. The largest absolute Gasteiger partial charge is 0.330 e. The third-order valence-electron chi connectivity index (χ3n) is 5.06. The third kappa shape index (κ3) is 3.64. The fourth-order valence-electron chi connectivity index (χ4n) is 3.67. The Morgan fingerprint density at radius 2 is 2.07 bits per heavy atom. The van der Waals surface area contributed by atoms with Gasteiger partial charge in [-0.05, 0) is 49.6 Å². The predicted octanol–water partition coefficient (Wildman–Crippen LogP) is 4.64. The van der Waals surface area contributed by atoms with E-state index in [1.54, 1.807) is 30.3 Å². The molecule has 0 saturated carbocycles. The molecule has 0 aliphatic carbocycles. The molecule has 0 spiro atoms. The van der Waals surface area contributed by atoms with Crippen molar-refractivity contribution in [3.63, 3.8) is 0 Å². The average molecular weight is 399 g/mol. The normalized spacial score (nSPS) is 17.0. The van der Waals surface area contributed by atoms with Gasteiger partial charge in [-0.15, -0.1) is 0 Å². The van der Waals surface area contributed by atoms with Gasteiger partial charge in [0, 0.05) is 37.0 Å². The summed E-state index contributed by atoms with van der Waals surface area (Å²) in [6.45, 7) is 0.626. The summed E-state index contributed by atoms with van der Waals surface area (Å²) in [5.74, 6) is -0.674. The van der Waals surface area contributed by atoms with Crippen LogP contribution in [0, 0.1) is 5.82 Å². The Labute approximate surface area is 167 Å². The van der Waals surface area contributed by atoms with Crippen molar-refractivity contribution in [2.75, 3.05) is 6.54 Å². The highest BCUT2D eigenvalue weighted by Gasteiger charge is 2.30. The highest BCUT2D eigenvalue weighted by atomic mass is 35.5. The predicted molar refractivity (Wildman–Crippen MR) is 105 cm³/mol. The van der Waals surface area contributed by atoms with E-state index < -0.39 is 5.82 Å². The Bertz CT molecular complexity index is 985. The molecule has 1 unspecified atom stereocenters. The average Bonchev–Trinajstić information content (AvgIpc) is 3.06. The van der Waals surface area contributed by atoms with Crippen LogP contribution in [0.2, 0.25) is 5.15 Å². The lowest BCUT2D eigenvalue weighted by atomic mass is 9.97. The Hall–Kier alpha value is -2.73. The number of hydrogen-bond acceptors (Lipinski definition) is 3. The standard InChI is InChI=1S/C21H20ClFN4O/c1-26-20(22)13-18(25-26)14-10-15(12-16(23)11-14)21(28)27-9-5-3-7-19(27)17-6-2-4-8-24-17/h2,4,6,8,10-13,19H,3,5,7,9H2,1H3.